The second-order valence-corrected chi connectivity index (χ2v) is 8.38. The van der Waals surface area contributed by atoms with E-state index in [0.29, 0.717) is 11.8 Å². The van der Waals surface area contributed by atoms with Crippen molar-refractivity contribution in [3.63, 3.8) is 0 Å². The lowest BCUT2D eigenvalue weighted by molar-refractivity contribution is -0.136. The zero-order valence-electron chi connectivity index (χ0n) is 14.3. The average molecular weight is 359 g/mol. The lowest BCUT2D eigenvalue weighted by Crippen LogP contribution is -2.66. The van der Waals surface area contributed by atoms with E-state index in [1.54, 1.807) is 4.80 Å². The highest BCUT2D eigenvalue weighted by molar-refractivity contribution is 6.04. The summed E-state index contributed by atoms with van der Waals surface area (Å²) in [6.45, 7) is -0.265. The lowest BCUT2D eigenvalue weighted by Gasteiger charge is -2.61. The second kappa shape index (κ2) is 5.24. The predicted molar refractivity (Wildman–Crippen MR) is 86.5 cm³/mol. The molecule has 5 fully saturated rings. The van der Waals surface area contributed by atoms with Gasteiger partial charge in [0.25, 0.3) is 5.91 Å². The van der Waals surface area contributed by atoms with Gasteiger partial charge >= 0.3 is 6.03 Å². The van der Waals surface area contributed by atoms with Crippen LogP contribution in [0, 0.1) is 11.8 Å². The molecule has 0 spiro atoms. The van der Waals surface area contributed by atoms with Crippen molar-refractivity contribution in [2.75, 3.05) is 13.1 Å². The van der Waals surface area contributed by atoms with Gasteiger partial charge in [0.2, 0.25) is 5.91 Å². The fourth-order valence-corrected chi connectivity index (χ4v) is 6.07. The van der Waals surface area contributed by atoms with E-state index < -0.39 is 6.03 Å². The summed E-state index contributed by atoms with van der Waals surface area (Å²) in [6.07, 6.45) is 7.32. The summed E-state index contributed by atoms with van der Waals surface area (Å²) in [5.41, 5.74) is -0.497. The van der Waals surface area contributed by atoms with Gasteiger partial charge in [0.1, 0.15) is 6.54 Å². The van der Waals surface area contributed by atoms with Crippen molar-refractivity contribution in [2.24, 2.45) is 11.8 Å². The van der Waals surface area contributed by atoms with Gasteiger partial charge in [-0.05, 0) is 55.6 Å². The highest BCUT2D eigenvalue weighted by atomic mass is 16.2. The summed E-state index contributed by atoms with van der Waals surface area (Å²) in [6, 6.07) is -0.501. The van der Waals surface area contributed by atoms with E-state index in [4.69, 9.17) is 0 Å². The van der Waals surface area contributed by atoms with Crippen LogP contribution in [-0.4, -0.2) is 61.6 Å². The number of amides is 4. The first-order chi connectivity index (χ1) is 12.5. The molecule has 10 nitrogen and oxygen atoms in total. The van der Waals surface area contributed by atoms with E-state index in [-0.39, 0.29) is 36.0 Å². The highest BCUT2D eigenvalue weighted by Crippen LogP contribution is 2.60. The summed E-state index contributed by atoms with van der Waals surface area (Å²) < 4.78 is 0. The molecule has 2 unspecified atom stereocenters. The molecule has 5 aliphatic rings. The molecule has 1 aromatic heterocycles. The van der Waals surface area contributed by atoms with Crippen molar-refractivity contribution in [2.45, 2.75) is 49.6 Å². The van der Waals surface area contributed by atoms with Crippen LogP contribution < -0.4 is 10.6 Å². The van der Waals surface area contributed by atoms with Crippen LogP contribution in [0.25, 0.3) is 0 Å². The molecule has 4 bridgehead atoms. The van der Waals surface area contributed by atoms with Crippen LogP contribution in [0.15, 0.2) is 6.33 Å². The molecule has 6 rings (SSSR count). The number of nitrogens with zero attached hydrogens (tertiary/aromatic N) is 5. The van der Waals surface area contributed by atoms with Crippen molar-refractivity contribution >= 4 is 17.8 Å². The van der Waals surface area contributed by atoms with Gasteiger partial charge in [0.05, 0.1) is 12.1 Å². The van der Waals surface area contributed by atoms with Crippen LogP contribution in [-0.2, 0) is 15.1 Å². The van der Waals surface area contributed by atoms with Crippen molar-refractivity contribution in [1.82, 2.24) is 35.7 Å². The van der Waals surface area contributed by atoms with Gasteiger partial charge < -0.3 is 10.6 Å². The Labute approximate surface area is 149 Å². The van der Waals surface area contributed by atoms with Crippen molar-refractivity contribution in [3.05, 3.63) is 6.33 Å². The number of hydrogen-bond donors (Lipinski definition) is 2. The Morgan fingerprint density at radius 2 is 2.04 bits per heavy atom. The van der Waals surface area contributed by atoms with Gasteiger partial charge in [-0.15, -0.1) is 10.2 Å². The van der Waals surface area contributed by atoms with Gasteiger partial charge in [-0.2, -0.15) is 4.80 Å². The van der Waals surface area contributed by atoms with E-state index in [2.05, 4.69) is 26.0 Å². The Balaban J connectivity index is 1.36. The Morgan fingerprint density at radius 3 is 2.65 bits per heavy atom. The van der Waals surface area contributed by atoms with E-state index in [9.17, 15) is 14.4 Å². The molecule has 4 amide bonds. The normalized spacial score (nSPS) is 37.9. The molecule has 2 atom stereocenters. The Kier molecular flexibility index (Phi) is 3.17. The fourth-order valence-electron chi connectivity index (χ4n) is 6.07. The molecule has 1 aromatic rings. The molecular formula is C16H21N7O3. The molecule has 1 saturated heterocycles. The topological polar surface area (TPSA) is 122 Å². The third kappa shape index (κ3) is 2.31. The zero-order valence-corrected chi connectivity index (χ0v) is 14.3. The van der Waals surface area contributed by atoms with E-state index in [1.807, 2.05) is 0 Å². The number of hydrogen-bond acceptors (Lipinski definition) is 6. The number of carbonyl (C=O) groups excluding carboxylic acids is 3. The van der Waals surface area contributed by atoms with Crippen molar-refractivity contribution < 1.29 is 14.4 Å². The SMILES string of the molecule is O=C(CN1C(=O)CNC1=O)NC12CC3CC(C1)CC(n1ncnn1)(C3)C2. The van der Waals surface area contributed by atoms with Crippen molar-refractivity contribution in [3.8, 4) is 0 Å². The first kappa shape index (κ1) is 15.7. The smallest absolute Gasteiger partial charge is 0.325 e. The summed E-state index contributed by atoms with van der Waals surface area (Å²) in [5.74, 6) is 0.413. The molecule has 0 aromatic carbocycles. The molecule has 0 radical (unpaired) electrons. The van der Waals surface area contributed by atoms with Gasteiger partial charge in [0, 0.05) is 5.54 Å². The minimum absolute atomic E-state index is 0.0392. The average Bonchev–Trinajstić information content (AvgIpc) is 3.19. The number of imide groups is 1. The molecule has 26 heavy (non-hydrogen) atoms. The second-order valence-electron chi connectivity index (χ2n) is 8.38. The van der Waals surface area contributed by atoms with Gasteiger partial charge in [-0.3, -0.25) is 14.5 Å². The lowest BCUT2D eigenvalue weighted by atomic mass is 9.50. The third-order valence-corrected chi connectivity index (χ3v) is 6.45. The monoisotopic (exact) mass is 359 g/mol. The third-order valence-electron chi connectivity index (χ3n) is 6.45. The molecule has 1 aliphatic heterocycles. The minimum atomic E-state index is -0.501. The van der Waals surface area contributed by atoms with Gasteiger partial charge in [-0.1, -0.05) is 0 Å². The Morgan fingerprint density at radius 1 is 1.27 bits per heavy atom. The van der Waals surface area contributed by atoms with Crippen LogP contribution in [0.5, 0.6) is 0 Å². The summed E-state index contributed by atoms with van der Waals surface area (Å²) in [5, 5.41) is 17.9. The first-order valence-electron chi connectivity index (χ1n) is 9.10. The molecule has 2 N–H and O–H groups in total. The van der Waals surface area contributed by atoms with Crippen molar-refractivity contribution in [1.29, 1.82) is 0 Å². The minimum Gasteiger partial charge on any atom is -0.349 e. The molecule has 138 valence electrons. The maximum absolute atomic E-state index is 12.6. The molecule has 10 heteroatoms. The zero-order chi connectivity index (χ0) is 17.9. The largest absolute Gasteiger partial charge is 0.349 e. The number of rotatable bonds is 4. The maximum atomic E-state index is 12.6. The number of urea groups is 1. The van der Waals surface area contributed by atoms with Crippen LogP contribution in [0.1, 0.15) is 38.5 Å². The Bertz CT molecular complexity index is 747. The highest BCUT2D eigenvalue weighted by Gasteiger charge is 2.60. The summed E-state index contributed by atoms with van der Waals surface area (Å²) >= 11 is 0. The molecule has 2 heterocycles. The summed E-state index contributed by atoms with van der Waals surface area (Å²) in [4.78, 5) is 38.7. The predicted octanol–water partition coefficient (Wildman–Crippen LogP) is -0.611. The van der Waals surface area contributed by atoms with Crippen LogP contribution in [0.3, 0.4) is 0 Å². The molecular weight excluding hydrogens is 338 g/mol. The number of carbonyl (C=O) groups is 3. The quantitative estimate of drug-likeness (QED) is 0.692. The number of aromatic nitrogens is 4. The fraction of sp³-hybridized carbons (Fsp3) is 0.750. The number of nitrogens with one attached hydrogen (secondary N) is 2. The molecule has 4 saturated carbocycles. The van der Waals surface area contributed by atoms with Gasteiger partial charge in [0.15, 0.2) is 6.33 Å². The summed E-state index contributed by atoms with van der Waals surface area (Å²) in [7, 11) is 0. The van der Waals surface area contributed by atoms with Gasteiger partial charge in [-0.25, -0.2) is 4.79 Å². The van der Waals surface area contributed by atoms with E-state index in [0.717, 1.165) is 37.0 Å². The van der Waals surface area contributed by atoms with E-state index in [1.165, 1.54) is 12.7 Å². The van der Waals surface area contributed by atoms with Crippen LogP contribution in [0.2, 0.25) is 0 Å². The van der Waals surface area contributed by atoms with Crippen LogP contribution in [0.4, 0.5) is 4.79 Å². The molecule has 4 aliphatic carbocycles. The number of tetrazole rings is 1. The maximum Gasteiger partial charge on any atom is 0.325 e. The Hall–Kier alpha value is -2.52. The van der Waals surface area contributed by atoms with E-state index >= 15 is 0 Å². The van der Waals surface area contributed by atoms with Crippen LogP contribution >= 0.6 is 0 Å². The first-order valence-corrected chi connectivity index (χ1v) is 9.10. The standard InChI is InChI=1S/C16H21N7O3/c24-12(7-22-13(25)6-17-14(22)26)20-15-2-10-1-11(3-15)5-16(4-10,8-15)23-19-9-18-21-23/h9-11H,1-8H2,(H,17,26)(H,20,24).